The summed E-state index contributed by atoms with van der Waals surface area (Å²) < 4.78 is 11.3. The predicted octanol–water partition coefficient (Wildman–Crippen LogP) is 3.19. The van der Waals surface area contributed by atoms with E-state index in [0.717, 1.165) is 23.6 Å². The molecule has 1 N–H and O–H groups in total. The summed E-state index contributed by atoms with van der Waals surface area (Å²) in [6.07, 6.45) is 1.70. The largest absolute Gasteiger partial charge is 0.485 e. The minimum Gasteiger partial charge on any atom is -0.485 e. The van der Waals surface area contributed by atoms with Gasteiger partial charge in [0.1, 0.15) is 18.1 Å². The lowest BCUT2D eigenvalue weighted by Crippen LogP contribution is -2.07. The second kappa shape index (κ2) is 5.74. The fourth-order valence-corrected chi connectivity index (χ4v) is 1.87. The van der Waals surface area contributed by atoms with E-state index in [1.54, 1.807) is 6.26 Å². The van der Waals surface area contributed by atoms with E-state index in [-0.39, 0.29) is 0 Å². The number of hydrogen-bond acceptors (Lipinski definition) is 3. The summed E-state index contributed by atoms with van der Waals surface area (Å²) in [5, 5.41) is 3.11. The highest BCUT2D eigenvalue weighted by Crippen LogP contribution is 2.22. The summed E-state index contributed by atoms with van der Waals surface area (Å²) >= 11 is 0. The SMILES string of the molecule is CNCc1ccoc1COc1cccc(C)c1C. The number of rotatable bonds is 5. The second-order valence-electron chi connectivity index (χ2n) is 4.39. The zero-order valence-electron chi connectivity index (χ0n) is 11.1. The summed E-state index contributed by atoms with van der Waals surface area (Å²) in [5.74, 6) is 1.80. The average molecular weight is 245 g/mol. The van der Waals surface area contributed by atoms with Crippen LogP contribution in [0.4, 0.5) is 0 Å². The Hall–Kier alpha value is -1.74. The summed E-state index contributed by atoms with van der Waals surface area (Å²) in [6, 6.07) is 8.05. The normalized spacial score (nSPS) is 10.6. The highest BCUT2D eigenvalue weighted by Gasteiger charge is 2.08. The van der Waals surface area contributed by atoms with Gasteiger partial charge in [0, 0.05) is 12.1 Å². The lowest BCUT2D eigenvalue weighted by molar-refractivity contribution is 0.266. The van der Waals surface area contributed by atoms with Crippen LogP contribution in [0.15, 0.2) is 34.9 Å². The zero-order chi connectivity index (χ0) is 13.0. The minimum atomic E-state index is 0.467. The molecule has 0 fully saturated rings. The molecule has 0 saturated heterocycles. The van der Waals surface area contributed by atoms with Crippen molar-refractivity contribution < 1.29 is 9.15 Å². The molecule has 0 unspecified atom stereocenters. The molecule has 0 saturated carbocycles. The highest BCUT2D eigenvalue weighted by atomic mass is 16.5. The van der Waals surface area contributed by atoms with Crippen molar-refractivity contribution in [2.24, 2.45) is 0 Å². The second-order valence-corrected chi connectivity index (χ2v) is 4.39. The van der Waals surface area contributed by atoms with E-state index in [1.807, 2.05) is 25.2 Å². The predicted molar refractivity (Wildman–Crippen MR) is 71.7 cm³/mol. The van der Waals surface area contributed by atoms with Crippen molar-refractivity contribution in [2.75, 3.05) is 7.05 Å². The Morgan fingerprint density at radius 1 is 1.22 bits per heavy atom. The smallest absolute Gasteiger partial charge is 0.146 e. The van der Waals surface area contributed by atoms with E-state index < -0.39 is 0 Å². The Bertz CT molecular complexity index is 517. The monoisotopic (exact) mass is 245 g/mol. The third-order valence-corrected chi connectivity index (χ3v) is 3.12. The molecule has 0 aliphatic rings. The van der Waals surface area contributed by atoms with Gasteiger partial charge in [-0.3, -0.25) is 0 Å². The first-order valence-electron chi connectivity index (χ1n) is 6.11. The molecular formula is C15H19NO2. The molecule has 3 nitrogen and oxygen atoms in total. The maximum atomic E-state index is 5.83. The quantitative estimate of drug-likeness (QED) is 0.878. The van der Waals surface area contributed by atoms with Crippen molar-refractivity contribution in [1.29, 1.82) is 0 Å². The van der Waals surface area contributed by atoms with E-state index in [2.05, 4.69) is 25.2 Å². The summed E-state index contributed by atoms with van der Waals surface area (Å²) in [4.78, 5) is 0. The first kappa shape index (κ1) is 12.7. The summed E-state index contributed by atoms with van der Waals surface area (Å²) in [7, 11) is 1.92. The van der Waals surface area contributed by atoms with Gasteiger partial charge >= 0.3 is 0 Å². The van der Waals surface area contributed by atoms with Crippen LogP contribution in [-0.2, 0) is 13.2 Å². The van der Waals surface area contributed by atoms with Gasteiger partial charge in [-0.2, -0.15) is 0 Å². The van der Waals surface area contributed by atoms with Gasteiger partial charge in [-0.15, -0.1) is 0 Å². The lowest BCUT2D eigenvalue weighted by atomic mass is 10.1. The van der Waals surface area contributed by atoms with Crippen molar-refractivity contribution in [3.8, 4) is 5.75 Å². The molecule has 96 valence electrons. The van der Waals surface area contributed by atoms with Crippen LogP contribution >= 0.6 is 0 Å². The molecule has 3 heteroatoms. The Morgan fingerprint density at radius 2 is 2.06 bits per heavy atom. The van der Waals surface area contributed by atoms with Crippen molar-refractivity contribution in [1.82, 2.24) is 5.32 Å². The Labute approximate surface area is 108 Å². The van der Waals surface area contributed by atoms with Gasteiger partial charge in [-0.1, -0.05) is 12.1 Å². The van der Waals surface area contributed by atoms with Crippen LogP contribution in [0.1, 0.15) is 22.5 Å². The number of hydrogen-bond donors (Lipinski definition) is 1. The Morgan fingerprint density at radius 3 is 2.83 bits per heavy atom. The molecule has 0 radical (unpaired) electrons. The van der Waals surface area contributed by atoms with E-state index >= 15 is 0 Å². The van der Waals surface area contributed by atoms with Gasteiger partial charge < -0.3 is 14.5 Å². The topological polar surface area (TPSA) is 34.4 Å². The molecule has 1 heterocycles. The fourth-order valence-electron chi connectivity index (χ4n) is 1.87. The molecule has 1 aromatic heterocycles. The number of aryl methyl sites for hydroxylation is 1. The molecule has 1 aromatic carbocycles. The van der Waals surface area contributed by atoms with Gasteiger partial charge in [0.15, 0.2) is 0 Å². The Balaban J connectivity index is 2.07. The molecule has 0 aliphatic carbocycles. The fraction of sp³-hybridized carbons (Fsp3) is 0.333. The van der Waals surface area contributed by atoms with Crippen molar-refractivity contribution in [3.63, 3.8) is 0 Å². The number of benzene rings is 1. The van der Waals surface area contributed by atoms with Gasteiger partial charge in [-0.25, -0.2) is 0 Å². The number of furan rings is 1. The maximum Gasteiger partial charge on any atom is 0.146 e. The van der Waals surface area contributed by atoms with Crippen LogP contribution in [0.25, 0.3) is 0 Å². The van der Waals surface area contributed by atoms with E-state index in [1.165, 1.54) is 11.1 Å². The van der Waals surface area contributed by atoms with Crippen LogP contribution in [0.2, 0.25) is 0 Å². The lowest BCUT2D eigenvalue weighted by Gasteiger charge is -2.10. The number of nitrogens with one attached hydrogen (secondary N) is 1. The molecule has 2 aromatic rings. The third kappa shape index (κ3) is 2.74. The third-order valence-electron chi connectivity index (χ3n) is 3.12. The van der Waals surface area contributed by atoms with Crippen molar-refractivity contribution in [2.45, 2.75) is 27.0 Å². The van der Waals surface area contributed by atoms with Crippen LogP contribution in [0.3, 0.4) is 0 Å². The van der Waals surface area contributed by atoms with Crippen LogP contribution in [0, 0.1) is 13.8 Å². The molecule has 18 heavy (non-hydrogen) atoms. The molecule has 0 spiro atoms. The van der Waals surface area contributed by atoms with E-state index in [9.17, 15) is 0 Å². The van der Waals surface area contributed by atoms with Crippen LogP contribution < -0.4 is 10.1 Å². The first-order chi connectivity index (χ1) is 8.72. The van der Waals surface area contributed by atoms with Gasteiger partial charge in [-0.05, 0) is 44.2 Å². The summed E-state index contributed by atoms with van der Waals surface area (Å²) in [5.41, 5.74) is 3.56. The van der Waals surface area contributed by atoms with Crippen molar-refractivity contribution in [3.05, 3.63) is 53.0 Å². The summed E-state index contributed by atoms with van der Waals surface area (Å²) in [6.45, 7) is 5.42. The van der Waals surface area contributed by atoms with E-state index in [4.69, 9.17) is 9.15 Å². The van der Waals surface area contributed by atoms with Gasteiger partial charge in [0.2, 0.25) is 0 Å². The number of ether oxygens (including phenoxy) is 1. The Kier molecular flexibility index (Phi) is 4.05. The highest BCUT2D eigenvalue weighted by molar-refractivity contribution is 5.38. The maximum absolute atomic E-state index is 5.83. The van der Waals surface area contributed by atoms with Crippen LogP contribution in [-0.4, -0.2) is 7.05 Å². The van der Waals surface area contributed by atoms with Crippen molar-refractivity contribution >= 4 is 0 Å². The first-order valence-corrected chi connectivity index (χ1v) is 6.11. The molecule has 2 rings (SSSR count). The average Bonchev–Trinajstić information content (AvgIpc) is 2.79. The molecule has 0 aliphatic heterocycles. The molecule has 0 bridgehead atoms. The standard InChI is InChI=1S/C15H19NO2/c1-11-5-4-6-14(12(11)2)18-10-15-13(9-16-3)7-8-17-15/h4-8,16H,9-10H2,1-3H3. The van der Waals surface area contributed by atoms with Gasteiger partial charge in [0.25, 0.3) is 0 Å². The molecule has 0 atom stereocenters. The van der Waals surface area contributed by atoms with E-state index in [0.29, 0.717) is 6.61 Å². The molecule has 0 amide bonds. The molecular weight excluding hydrogens is 226 g/mol. The van der Waals surface area contributed by atoms with Gasteiger partial charge in [0.05, 0.1) is 6.26 Å². The zero-order valence-corrected chi connectivity index (χ0v) is 11.1. The minimum absolute atomic E-state index is 0.467. The van der Waals surface area contributed by atoms with Crippen LogP contribution in [0.5, 0.6) is 5.75 Å².